The Hall–Kier alpha value is -3.49. The molecule has 0 radical (unpaired) electrons. The van der Waals surface area contributed by atoms with Crippen LogP contribution in [0.5, 0.6) is 11.5 Å². The van der Waals surface area contributed by atoms with Crippen molar-refractivity contribution in [1.29, 1.82) is 0 Å². The maximum absolute atomic E-state index is 13.3. The van der Waals surface area contributed by atoms with Crippen LogP contribution in [0.1, 0.15) is 10.4 Å². The zero-order valence-corrected chi connectivity index (χ0v) is 18.5. The predicted octanol–water partition coefficient (Wildman–Crippen LogP) is 2.61. The number of nitrogens with zero attached hydrogens (tertiary/aromatic N) is 3. The quantitative estimate of drug-likeness (QED) is 0.341. The average Bonchev–Trinajstić information content (AvgIpc) is 2.80. The molecule has 0 unspecified atom stereocenters. The van der Waals surface area contributed by atoms with Gasteiger partial charge in [0.25, 0.3) is 5.91 Å². The van der Waals surface area contributed by atoms with Crippen molar-refractivity contribution in [2.75, 3.05) is 41.5 Å². The molecule has 4 rings (SSSR count). The number of aromatic nitrogens is 2. The van der Waals surface area contributed by atoms with Crippen molar-refractivity contribution >= 4 is 38.7 Å². The largest absolute Gasteiger partial charge is 0.496 e. The summed E-state index contributed by atoms with van der Waals surface area (Å²) in [6.07, 6.45) is 0. The second-order valence-electron chi connectivity index (χ2n) is 7.84. The Morgan fingerprint density at radius 1 is 0.969 bits per heavy atom. The lowest BCUT2D eigenvalue weighted by Gasteiger charge is -2.21. The predicted molar refractivity (Wildman–Crippen MR) is 125 cm³/mol. The summed E-state index contributed by atoms with van der Waals surface area (Å²) in [5.41, 5.74) is 2.69. The van der Waals surface area contributed by atoms with Crippen LogP contribution in [-0.4, -0.2) is 73.4 Å². The highest BCUT2D eigenvalue weighted by atomic mass is 16.5. The molecule has 166 valence electrons. The number of amides is 1. The van der Waals surface area contributed by atoms with E-state index < -0.39 is 6.04 Å². The molecule has 8 heteroatoms. The Morgan fingerprint density at radius 3 is 2.38 bits per heavy atom. The molecule has 0 aliphatic rings. The number of likely N-dealkylation sites (N-methyl/N-ethyl adjacent to an activating group) is 1. The molecule has 0 fully saturated rings. The number of aliphatic hydroxyl groups is 1. The second kappa shape index (κ2) is 8.94. The van der Waals surface area contributed by atoms with Crippen LogP contribution in [0.3, 0.4) is 0 Å². The molecule has 4 aromatic rings. The van der Waals surface area contributed by atoms with Gasteiger partial charge in [-0.05, 0) is 44.4 Å². The van der Waals surface area contributed by atoms with Crippen LogP contribution < -0.4 is 14.8 Å². The van der Waals surface area contributed by atoms with Crippen molar-refractivity contribution < 1.29 is 19.4 Å². The minimum absolute atomic E-state index is 0.184. The lowest BCUT2D eigenvalue weighted by Crippen LogP contribution is -2.44. The van der Waals surface area contributed by atoms with Gasteiger partial charge < -0.3 is 24.8 Å². The van der Waals surface area contributed by atoms with E-state index in [0.29, 0.717) is 28.8 Å². The van der Waals surface area contributed by atoms with Crippen molar-refractivity contribution in [2.24, 2.45) is 0 Å². The van der Waals surface area contributed by atoms with Gasteiger partial charge in [0.2, 0.25) is 0 Å². The van der Waals surface area contributed by atoms with E-state index in [1.165, 1.54) is 7.11 Å². The summed E-state index contributed by atoms with van der Waals surface area (Å²) in [5, 5.41) is 14.4. The Labute approximate surface area is 185 Å². The summed E-state index contributed by atoms with van der Waals surface area (Å²) >= 11 is 0. The highest BCUT2D eigenvalue weighted by molar-refractivity contribution is 6.12. The van der Waals surface area contributed by atoms with Gasteiger partial charge >= 0.3 is 0 Å². The number of carbonyl (C=O) groups excluding carboxylic acids is 1. The molecule has 1 amide bonds. The first kappa shape index (κ1) is 21.7. The molecule has 0 spiro atoms. The third kappa shape index (κ3) is 3.90. The number of methoxy groups -OCH3 is 2. The van der Waals surface area contributed by atoms with Gasteiger partial charge in [0.1, 0.15) is 22.6 Å². The molecule has 1 aromatic heterocycles. The van der Waals surface area contributed by atoms with Crippen LogP contribution in [-0.2, 0) is 0 Å². The van der Waals surface area contributed by atoms with Crippen LogP contribution in [0.15, 0.2) is 42.5 Å². The topological polar surface area (TPSA) is 96.8 Å². The maximum atomic E-state index is 13.3. The van der Waals surface area contributed by atoms with Crippen LogP contribution in [0, 0.1) is 0 Å². The fourth-order valence-electron chi connectivity index (χ4n) is 3.93. The molecule has 0 aliphatic heterocycles. The number of rotatable bonds is 7. The normalized spacial score (nSPS) is 12.4. The molecule has 0 saturated heterocycles. The number of benzene rings is 3. The monoisotopic (exact) mass is 434 g/mol. The number of nitrogens with one attached hydrogen (secondary N) is 1. The Kier molecular flexibility index (Phi) is 6.07. The van der Waals surface area contributed by atoms with Gasteiger partial charge in [-0.25, -0.2) is 9.97 Å². The van der Waals surface area contributed by atoms with Gasteiger partial charge in [0, 0.05) is 17.3 Å². The number of ether oxygens (including phenoxy) is 2. The van der Waals surface area contributed by atoms with E-state index >= 15 is 0 Å². The Morgan fingerprint density at radius 2 is 1.69 bits per heavy atom. The van der Waals surface area contributed by atoms with Gasteiger partial charge in [0.05, 0.1) is 43.4 Å². The van der Waals surface area contributed by atoms with E-state index in [4.69, 9.17) is 19.4 Å². The van der Waals surface area contributed by atoms with E-state index in [1.54, 1.807) is 19.2 Å². The molecular formula is C24H26N4O4. The molecule has 1 heterocycles. The summed E-state index contributed by atoms with van der Waals surface area (Å²) in [6.45, 7) is 0.310. The van der Waals surface area contributed by atoms with Crippen molar-refractivity contribution in [1.82, 2.24) is 20.2 Å². The third-order valence-electron chi connectivity index (χ3n) is 5.36. The lowest BCUT2D eigenvalue weighted by atomic mass is 10.1. The van der Waals surface area contributed by atoms with Gasteiger partial charge in [-0.3, -0.25) is 4.79 Å². The summed E-state index contributed by atoms with van der Waals surface area (Å²) in [4.78, 5) is 24.8. The van der Waals surface area contributed by atoms with E-state index in [0.717, 1.165) is 22.0 Å². The SMILES string of the molecule is COc1ccc2nc3ccc4c(OC)cccc4c3nc2c1C(=O)N[C@H](CO)CN(C)C. The highest BCUT2D eigenvalue weighted by Gasteiger charge is 2.22. The van der Waals surface area contributed by atoms with Gasteiger partial charge in [-0.15, -0.1) is 0 Å². The van der Waals surface area contributed by atoms with Gasteiger partial charge in [-0.2, -0.15) is 0 Å². The highest BCUT2D eigenvalue weighted by Crippen LogP contribution is 2.33. The molecule has 8 nitrogen and oxygen atoms in total. The van der Waals surface area contributed by atoms with E-state index in [9.17, 15) is 9.90 Å². The number of hydrogen-bond acceptors (Lipinski definition) is 7. The molecule has 0 bridgehead atoms. The summed E-state index contributed by atoms with van der Waals surface area (Å²) < 4.78 is 11.0. The third-order valence-corrected chi connectivity index (χ3v) is 5.36. The van der Waals surface area contributed by atoms with Crippen molar-refractivity contribution in [3.8, 4) is 11.5 Å². The summed E-state index contributed by atoms with van der Waals surface area (Å²) in [7, 11) is 6.90. The second-order valence-corrected chi connectivity index (χ2v) is 7.84. The van der Waals surface area contributed by atoms with Crippen LogP contribution in [0.4, 0.5) is 0 Å². The number of aliphatic hydroxyl groups excluding tert-OH is 1. The summed E-state index contributed by atoms with van der Waals surface area (Å²) in [6, 6.07) is 12.7. The van der Waals surface area contributed by atoms with Crippen LogP contribution in [0.25, 0.3) is 32.8 Å². The molecule has 2 N–H and O–H groups in total. The molecule has 0 aliphatic carbocycles. The average molecular weight is 434 g/mol. The van der Waals surface area contributed by atoms with Crippen molar-refractivity contribution in [3.63, 3.8) is 0 Å². The first-order chi connectivity index (χ1) is 15.5. The maximum Gasteiger partial charge on any atom is 0.257 e. The first-order valence-corrected chi connectivity index (χ1v) is 10.3. The van der Waals surface area contributed by atoms with Crippen molar-refractivity contribution in [2.45, 2.75) is 6.04 Å². The first-order valence-electron chi connectivity index (χ1n) is 10.3. The fourth-order valence-corrected chi connectivity index (χ4v) is 3.93. The Balaban J connectivity index is 1.93. The van der Waals surface area contributed by atoms with E-state index in [1.807, 2.05) is 49.3 Å². The zero-order chi connectivity index (χ0) is 22.8. The minimum atomic E-state index is -0.434. The number of fused-ring (bicyclic) bond motifs is 4. The molecular weight excluding hydrogens is 408 g/mol. The standard InChI is InChI=1S/C24H26N4O4/c1-28(2)12-14(13-29)25-24(30)21-20(32-4)11-10-18-23(21)27-22-16-6-5-7-19(31-3)15(16)8-9-17(22)26-18/h5-11,14,29H,12-13H2,1-4H3,(H,25,30)/t14-/m0/s1. The fraction of sp³-hybridized carbons (Fsp3) is 0.292. The zero-order valence-electron chi connectivity index (χ0n) is 18.5. The van der Waals surface area contributed by atoms with E-state index in [2.05, 4.69) is 5.32 Å². The van der Waals surface area contributed by atoms with E-state index in [-0.39, 0.29) is 18.1 Å². The lowest BCUT2D eigenvalue weighted by molar-refractivity contribution is 0.0903. The summed E-state index contributed by atoms with van der Waals surface area (Å²) in [5.74, 6) is 0.757. The van der Waals surface area contributed by atoms with Gasteiger partial charge in [0.15, 0.2) is 0 Å². The number of carbonyl (C=O) groups is 1. The molecule has 32 heavy (non-hydrogen) atoms. The minimum Gasteiger partial charge on any atom is -0.496 e. The molecule has 3 aromatic carbocycles. The Bertz CT molecular complexity index is 1310. The van der Waals surface area contributed by atoms with Crippen LogP contribution >= 0.6 is 0 Å². The smallest absolute Gasteiger partial charge is 0.257 e. The molecule has 1 atom stereocenters. The van der Waals surface area contributed by atoms with Crippen LogP contribution in [0.2, 0.25) is 0 Å². The van der Waals surface area contributed by atoms with Crippen molar-refractivity contribution in [3.05, 3.63) is 48.0 Å². The molecule has 0 saturated carbocycles. The number of hydrogen-bond donors (Lipinski definition) is 2. The van der Waals surface area contributed by atoms with Gasteiger partial charge in [-0.1, -0.05) is 12.1 Å².